The van der Waals surface area contributed by atoms with Crippen molar-refractivity contribution in [3.8, 4) is 5.75 Å². The molecule has 1 atom stereocenters. The Morgan fingerprint density at radius 3 is 2.80 bits per heavy atom. The first-order valence-electron chi connectivity index (χ1n) is 7.95. The molecule has 1 aromatic rings. The molecule has 2 fully saturated rings. The Hall–Kier alpha value is -1.06. The van der Waals surface area contributed by atoms with Gasteiger partial charge in [-0.15, -0.1) is 0 Å². The van der Waals surface area contributed by atoms with Crippen molar-refractivity contribution in [1.82, 2.24) is 5.32 Å². The fourth-order valence-corrected chi connectivity index (χ4v) is 3.17. The third kappa shape index (κ3) is 3.74. The van der Waals surface area contributed by atoms with Gasteiger partial charge in [-0.05, 0) is 49.9 Å². The van der Waals surface area contributed by atoms with Crippen molar-refractivity contribution in [2.75, 3.05) is 26.3 Å². The molecule has 0 saturated carbocycles. The van der Waals surface area contributed by atoms with Crippen molar-refractivity contribution < 1.29 is 9.47 Å². The number of para-hydroxylation sites is 1. The summed E-state index contributed by atoms with van der Waals surface area (Å²) in [6.07, 6.45) is 6.12. The van der Waals surface area contributed by atoms with Crippen LogP contribution >= 0.6 is 0 Å². The average molecular weight is 275 g/mol. The molecule has 2 aliphatic heterocycles. The molecular weight excluding hydrogens is 250 g/mol. The summed E-state index contributed by atoms with van der Waals surface area (Å²) in [6, 6.07) is 8.56. The van der Waals surface area contributed by atoms with Crippen LogP contribution in [0.15, 0.2) is 24.3 Å². The summed E-state index contributed by atoms with van der Waals surface area (Å²) in [6.45, 7) is 3.99. The first-order chi connectivity index (χ1) is 9.92. The number of rotatable bonds is 4. The maximum Gasteiger partial charge on any atom is 0.122 e. The molecule has 0 radical (unpaired) electrons. The molecule has 2 saturated heterocycles. The highest BCUT2D eigenvalue weighted by Gasteiger charge is 2.19. The molecule has 0 bridgehead atoms. The topological polar surface area (TPSA) is 30.5 Å². The minimum Gasteiger partial charge on any atom is -0.490 e. The second-order valence-electron chi connectivity index (χ2n) is 5.95. The van der Waals surface area contributed by atoms with E-state index in [1.807, 2.05) is 0 Å². The number of nitrogens with one attached hydrogen (secondary N) is 1. The van der Waals surface area contributed by atoms with Crippen LogP contribution in [0.1, 0.15) is 31.2 Å². The normalized spacial score (nSPS) is 24.5. The highest BCUT2D eigenvalue weighted by Crippen LogP contribution is 2.26. The van der Waals surface area contributed by atoms with E-state index in [2.05, 4.69) is 29.6 Å². The number of benzene rings is 1. The lowest BCUT2D eigenvalue weighted by molar-refractivity contribution is 0.0251. The molecule has 1 aromatic carbocycles. The van der Waals surface area contributed by atoms with Gasteiger partial charge < -0.3 is 14.8 Å². The van der Waals surface area contributed by atoms with Crippen molar-refractivity contribution in [3.63, 3.8) is 0 Å². The molecule has 1 unspecified atom stereocenters. The Bertz CT molecular complexity index is 370. The van der Waals surface area contributed by atoms with Gasteiger partial charge in [-0.2, -0.15) is 0 Å². The summed E-state index contributed by atoms with van der Waals surface area (Å²) in [7, 11) is 0. The first-order valence-corrected chi connectivity index (χ1v) is 7.95. The Kier molecular flexibility index (Phi) is 4.93. The van der Waals surface area contributed by atoms with Gasteiger partial charge in [0.05, 0.1) is 13.2 Å². The lowest BCUT2D eigenvalue weighted by Crippen LogP contribution is -2.31. The van der Waals surface area contributed by atoms with Gasteiger partial charge in [0.1, 0.15) is 11.9 Å². The van der Waals surface area contributed by atoms with Gasteiger partial charge in [0.15, 0.2) is 0 Å². The highest BCUT2D eigenvalue weighted by molar-refractivity contribution is 5.34. The quantitative estimate of drug-likeness (QED) is 0.916. The fourth-order valence-electron chi connectivity index (χ4n) is 3.17. The van der Waals surface area contributed by atoms with E-state index >= 15 is 0 Å². The van der Waals surface area contributed by atoms with E-state index in [0.717, 1.165) is 50.7 Å². The molecule has 2 heterocycles. The van der Waals surface area contributed by atoms with E-state index in [1.54, 1.807) is 0 Å². The van der Waals surface area contributed by atoms with E-state index in [1.165, 1.54) is 24.9 Å². The summed E-state index contributed by atoms with van der Waals surface area (Å²) in [5.74, 6) is 1.84. The van der Waals surface area contributed by atoms with E-state index in [-0.39, 0.29) is 0 Å². The summed E-state index contributed by atoms with van der Waals surface area (Å²) in [5, 5.41) is 3.50. The van der Waals surface area contributed by atoms with Crippen molar-refractivity contribution in [3.05, 3.63) is 29.8 Å². The monoisotopic (exact) mass is 275 g/mol. The Labute approximate surface area is 121 Å². The number of hydrogen-bond donors (Lipinski definition) is 1. The number of hydrogen-bond acceptors (Lipinski definition) is 3. The highest BCUT2D eigenvalue weighted by atomic mass is 16.5. The van der Waals surface area contributed by atoms with Gasteiger partial charge in [0.25, 0.3) is 0 Å². The van der Waals surface area contributed by atoms with Crippen molar-refractivity contribution in [1.29, 1.82) is 0 Å². The minimum absolute atomic E-state index is 0.328. The molecule has 20 heavy (non-hydrogen) atoms. The van der Waals surface area contributed by atoms with Crippen LogP contribution in [-0.2, 0) is 11.2 Å². The molecule has 110 valence electrons. The van der Waals surface area contributed by atoms with Gasteiger partial charge in [-0.3, -0.25) is 0 Å². The SMILES string of the molecule is c1ccc(OC2CCOCC2)c(CC2CCCNC2)c1. The standard InChI is InChI=1S/C17H25NO2/c1-2-6-17(20-16-7-10-19-11-8-16)15(5-1)12-14-4-3-9-18-13-14/h1-2,5-6,14,16,18H,3-4,7-13H2. The predicted molar refractivity (Wildman–Crippen MR) is 80.2 cm³/mol. The maximum absolute atomic E-state index is 6.23. The minimum atomic E-state index is 0.328. The van der Waals surface area contributed by atoms with E-state index in [0.29, 0.717) is 6.10 Å². The van der Waals surface area contributed by atoms with Crippen LogP contribution in [0.4, 0.5) is 0 Å². The van der Waals surface area contributed by atoms with E-state index in [4.69, 9.17) is 9.47 Å². The zero-order chi connectivity index (χ0) is 13.6. The van der Waals surface area contributed by atoms with Crippen LogP contribution in [0.25, 0.3) is 0 Å². The zero-order valence-electron chi connectivity index (χ0n) is 12.1. The Balaban J connectivity index is 1.63. The van der Waals surface area contributed by atoms with Crippen LogP contribution in [-0.4, -0.2) is 32.4 Å². The summed E-state index contributed by atoms with van der Waals surface area (Å²) in [5.41, 5.74) is 1.37. The van der Waals surface area contributed by atoms with Crippen molar-refractivity contribution in [2.45, 2.75) is 38.2 Å². The van der Waals surface area contributed by atoms with Crippen LogP contribution in [0, 0.1) is 5.92 Å². The van der Waals surface area contributed by atoms with Gasteiger partial charge >= 0.3 is 0 Å². The third-order valence-corrected chi connectivity index (χ3v) is 4.34. The molecule has 0 aliphatic carbocycles. The maximum atomic E-state index is 6.23. The molecule has 0 aromatic heterocycles. The molecule has 2 aliphatic rings. The van der Waals surface area contributed by atoms with Gasteiger partial charge in [-0.25, -0.2) is 0 Å². The van der Waals surface area contributed by atoms with Crippen molar-refractivity contribution in [2.24, 2.45) is 5.92 Å². The number of ether oxygens (including phenoxy) is 2. The first kappa shape index (κ1) is 13.9. The molecule has 3 heteroatoms. The largest absolute Gasteiger partial charge is 0.490 e. The fraction of sp³-hybridized carbons (Fsp3) is 0.647. The molecule has 3 nitrogen and oxygen atoms in total. The second-order valence-corrected chi connectivity index (χ2v) is 5.95. The lowest BCUT2D eigenvalue weighted by Gasteiger charge is -2.26. The van der Waals surface area contributed by atoms with Gasteiger partial charge in [0.2, 0.25) is 0 Å². The van der Waals surface area contributed by atoms with Crippen LogP contribution in [0.2, 0.25) is 0 Å². The second kappa shape index (κ2) is 7.09. The zero-order valence-corrected chi connectivity index (χ0v) is 12.1. The average Bonchev–Trinajstić information content (AvgIpc) is 2.51. The molecular formula is C17H25NO2. The van der Waals surface area contributed by atoms with Crippen LogP contribution < -0.4 is 10.1 Å². The molecule has 1 N–H and O–H groups in total. The lowest BCUT2D eigenvalue weighted by atomic mass is 9.92. The predicted octanol–water partition coefficient (Wildman–Crippen LogP) is 2.79. The third-order valence-electron chi connectivity index (χ3n) is 4.34. The number of piperidine rings is 1. The van der Waals surface area contributed by atoms with Crippen LogP contribution in [0.5, 0.6) is 5.75 Å². The Morgan fingerprint density at radius 1 is 1.15 bits per heavy atom. The van der Waals surface area contributed by atoms with Crippen molar-refractivity contribution >= 4 is 0 Å². The summed E-state index contributed by atoms with van der Waals surface area (Å²) >= 11 is 0. The smallest absolute Gasteiger partial charge is 0.122 e. The van der Waals surface area contributed by atoms with E-state index in [9.17, 15) is 0 Å². The Morgan fingerprint density at radius 2 is 2.00 bits per heavy atom. The van der Waals surface area contributed by atoms with Gasteiger partial charge in [0, 0.05) is 12.8 Å². The summed E-state index contributed by atoms with van der Waals surface area (Å²) < 4.78 is 11.6. The molecule has 0 amide bonds. The summed E-state index contributed by atoms with van der Waals surface area (Å²) in [4.78, 5) is 0. The van der Waals surface area contributed by atoms with Gasteiger partial charge in [-0.1, -0.05) is 18.2 Å². The van der Waals surface area contributed by atoms with Crippen LogP contribution in [0.3, 0.4) is 0 Å². The molecule has 3 rings (SSSR count). The molecule has 0 spiro atoms. The van der Waals surface area contributed by atoms with E-state index < -0.39 is 0 Å².